The fourth-order valence-electron chi connectivity index (χ4n) is 0.525. The van der Waals surface area contributed by atoms with E-state index in [9.17, 15) is 0 Å². The summed E-state index contributed by atoms with van der Waals surface area (Å²) in [5.74, 6) is 0.117. The fourth-order valence-corrected chi connectivity index (χ4v) is 0.731. The van der Waals surface area contributed by atoms with E-state index in [0.717, 1.165) is 0 Å². The molecule has 0 amide bonds. The van der Waals surface area contributed by atoms with Crippen molar-refractivity contribution in [2.75, 3.05) is 0 Å². The zero-order valence-electron chi connectivity index (χ0n) is 4.93. The number of pyridine rings is 1. The van der Waals surface area contributed by atoms with E-state index in [0.29, 0.717) is 10.6 Å². The summed E-state index contributed by atoms with van der Waals surface area (Å²) in [6.45, 7) is 1.74. The fraction of sp³-hybridized carbons (Fsp3) is 0.167. The van der Waals surface area contributed by atoms with Gasteiger partial charge in [-0.25, -0.2) is 0 Å². The molecule has 1 heterocycles. The Hall–Kier alpha value is -0.760. The number of nitrogens with zero attached hydrogens (tertiary/aromatic N) is 1. The number of rotatable bonds is 0. The number of hydrogen-bond acceptors (Lipinski definition) is 2. The van der Waals surface area contributed by atoms with Crippen LogP contribution in [0.5, 0.6) is 5.75 Å². The van der Waals surface area contributed by atoms with E-state index in [4.69, 9.17) is 16.7 Å². The highest BCUT2D eigenvalue weighted by Crippen LogP contribution is 2.23. The average Bonchev–Trinajstić information content (AvgIpc) is 1.83. The minimum Gasteiger partial charge on any atom is -0.506 e. The molecule has 0 radical (unpaired) electrons. The minimum absolute atomic E-state index is 0.117. The molecule has 0 atom stereocenters. The summed E-state index contributed by atoms with van der Waals surface area (Å²) >= 11 is 5.50. The Morgan fingerprint density at radius 3 is 2.67 bits per heavy atom. The standard InChI is InChI=1S/C6H6ClNO/c1-4-2-8-3-5(7)6(4)9/h2-3H,1H3,(H,8,9). The molecule has 1 N–H and O–H groups in total. The Labute approximate surface area is 58.1 Å². The first kappa shape index (κ1) is 6.36. The predicted octanol–water partition coefficient (Wildman–Crippen LogP) is 1.75. The molecule has 0 aromatic carbocycles. The number of aryl methyl sites for hydroxylation is 1. The van der Waals surface area contributed by atoms with E-state index >= 15 is 0 Å². The maximum absolute atomic E-state index is 9.03. The van der Waals surface area contributed by atoms with Gasteiger partial charge in [-0.05, 0) is 6.92 Å². The highest BCUT2D eigenvalue weighted by molar-refractivity contribution is 6.31. The molecular formula is C6H6ClNO. The van der Waals surface area contributed by atoms with Gasteiger partial charge in [0.25, 0.3) is 0 Å². The van der Waals surface area contributed by atoms with Crippen LogP contribution in [-0.2, 0) is 0 Å². The second kappa shape index (κ2) is 2.23. The van der Waals surface area contributed by atoms with Gasteiger partial charge in [0.1, 0.15) is 10.8 Å². The van der Waals surface area contributed by atoms with Crippen molar-refractivity contribution in [2.45, 2.75) is 6.92 Å². The zero-order valence-corrected chi connectivity index (χ0v) is 5.68. The summed E-state index contributed by atoms with van der Waals surface area (Å²) in [5.41, 5.74) is 0.697. The first-order valence-corrected chi connectivity index (χ1v) is 2.88. The third-order valence-electron chi connectivity index (χ3n) is 1.06. The van der Waals surface area contributed by atoms with Crippen LogP contribution < -0.4 is 0 Å². The van der Waals surface area contributed by atoms with Crippen LogP contribution in [0, 0.1) is 6.92 Å². The highest BCUT2D eigenvalue weighted by Gasteiger charge is 1.98. The maximum Gasteiger partial charge on any atom is 0.140 e. The summed E-state index contributed by atoms with van der Waals surface area (Å²) in [7, 11) is 0. The lowest BCUT2D eigenvalue weighted by molar-refractivity contribution is 0.470. The Balaban J connectivity index is 3.25. The minimum atomic E-state index is 0.117. The molecule has 0 bridgehead atoms. The predicted molar refractivity (Wildman–Crippen MR) is 35.6 cm³/mol. The van der Waals surface area contributed by atoms with Crippen molar-refractivity contribution in [3.05, 3.63) is 23.0 Å². The van der Waals surface area contributed by atoms with Gasteiger partial charge in [0.05, 0.1) is 0 Å². The van der Waals surface area contributed by atoms with Gasteiger partial charge in [0.15, 0.2) is 0 Å². The maximum atomic E-state index is 9.03. The van der Waals surface area contributed by atoms with Crippen LogP contribution in [-0.4, -0.2) is 10.1 Å². The van der Waals surface area contributed by atoms with Crippen LogP contribution in [0.25, 0.3) is 0 Å². The SMILES string of the molecule is Cc1cncc(Cl)c1O. The lowest BCUT2D eigenvalue weighted by Gasteiger charge is -1.96. The smallest absolute Gasteiger partial charge is 0.140 e. The van der Waals surface area contributed by atoms with Gasteiger partial charge in [0.2, 0.25) is 0 Å². The molecule has 0 unspecified atom stereocenters. The van der Waals surface area contributed by atoms with Gasteiger partial charge >= 0.3 is 0 Å². The Morgan fingerprint density at radius 2 is 2.22 bits per heavy atom. The monoisotopic (exact) mass is 143 g/mol. The zero-order chi connectivity index (χ0) is 6.85. The summed E-state index contributed by atoms with van der Waals surface area (Å²) in [5, 5.41) is 9.34. The highest BCUT2D eigenvalue weighted by atomic mass is 35.5. The molecule has 3 heteroatoms. The van der Waals surface area contributed by atoms with Crippen molar-refractivity contribution in [3.63, 3.8) is 0 Å². The third-order valence-corrected chi connectivity index (χ3v) is 1.33. The molecule has 48 valence electrons. The molecule has 1 aromatic heterocycles. The Kier molecular flexibility index (Phi) is 1.58. The second-order valence-electron chi connectivity index (χ2n) is 1.79. The lowest BCUT2D eigenvalue weighted by atomic mass is 10.3. The number of aromatic nitrogens is 1. The molecule has 0 fully saturated rings. The van der Waals surface area contributed by atoms with E-state index in [1.165, 1.54) is 6.20 Å². The topological polar surface area (TPSA) is 33.1 Å². The average molecular weight is 144 g/mol. The van der Waals surface area contributed by atoms with E-state index in [2.05, 4.69) is 4.98 Å². The molecule has 9 heavy (non-hydrogen) atoms. The van der Waals surface area contributed by atoms with E-state index in [-0.39, 0.29) is 5.75 Å². The molecule has 1 aromatic rings. The Morgan fingerprint density at radius 1 is 1.56 bits per heavy atom. The van der Waals surface area contributed by atoms with E-state index < -0.39 is 0 Å². The summed E-state index contributed by atoms with van der Waals surface area (Å²) in [4.78, 5) is 3.75. The van der Waals surface area contributed by atoms with Crippen LogP contribution in [0.2, 0.25) is 5.02 Å². The van der Waals surface area contributed by atoms with Crippen molar-refractivity contribution in [3.8, 4) is 5.75 Å². The van der Waals surface area contributed by atoms with Crippen LogP contribution in [0.15, 0.2) is 12.4 Å². The van der Waals surface area contributed by atoms with Gasteiger partial charge in [-0.15, -0.1) is 0 Å². The lowest BCUT2D eigenvalue weighted by Crippen LogP contribution is -1.77. The van der Waals surface area contributed by atoms with Gasteiger partial charge in [-0.2, -0.15) is 0 Å². The first-order chi connectivity index (χ1) is 4.22. The quantitative estimate of drug-likeness (QED) is 0.600. The van der Waals surface area contributed by atoms with Gasteiger partial charge in [-0.1, -0.05) is 11.6 Å². The van der Waals surface area contributed by atoms with Crippen molar-refractivity contribution in [1.29, 1.82) is 0 Å². The third kappa shape index (κ3) is 1.13. The van der Waals surface area contributed by atoms with Crippen molar-refractivity contribution in [2.24, 2.45) is 0 Å². The van der Waals surface area contributed by atoms with E-state index in [1.807, 2.05) is 0 Å². The molecule has 0 spiro atoms. The molecule has 0 aliphatic rings. The van der Waals surface area contributed by atoms with Crippen molar-refractivity contribution < 1.29 is 5.11 Å². The van der Waals surface area contributed by atoms with Crippen LogP contribution in [0.3, 0.4) is 0 Å². The summed E-state index contributed by atoms with van der Waals surface area (Å²) < 4.78 is 0. The number of halogens is 1. The largest absolute Gasteiger partial charge is 0.506 e. The molecule has 0 aliphatic carbocycles. The van der Waals surface area contributed by atoms with Crippen LogP contribution >= 0.6 is 11.6 Å². The van der Waals surface area contributed by atoms with Gasteiger partial charge < -0.3 is 5.11 Å². The normalized spacial score (nSPS) is 9.56. The molecule has 0 saturated heterocycles. The number of hydrogen-bond donors (Lipinski definition) is 1. The summed E-state index contributed by atoms with van der Waals surface area (Å²) in [6, 6.07) is 0. The van der Waals surface area contributed by atoms with Crippen molar-refractivity contribution >= 4 is 11.6 Å². The molecule has 1 rings (SSSR count). The van der Waals surface area contributed by atoms with Gasteiger partial charge in [-0.3, -0.25) is 4.98 Å². The van der Waals surface area contributed by atoms with Crippen LogP contribution in [0.1, 0.15) is 5.56 Å². The molecule has 2 nitrogen and oxygen atoms in total. The van der Waals surface area contributed by atoms with Crippen LogP contribution in [0.4, 0.5) is 0 Å². The first-order valence-electron chi connectivity index (χ1n) is 2.51. The summed E-state index contributed by atoms with van der Waals surface area (Å²) in [6.07, 6.45) is 2.96. The van der Waals surface area contributed by atoms with Crippen molar-refractivity contribution in [1.82, 2.24) is 4.98 Å². The second-order valence-corrected chi connectivity index (χ2v) is 2.19. The Bertz CT molecular complexity index is 204. The number of aromatic hydroxyl groups is 1. The molecular weight excluding hydrogens is 138 g/mol. The van der Waals surface area contributed by atoms with Gasteiger partial charge in [0, 0.05) is 18.0 Å². The molecule has 0 aliphatic heterocycles. The van der Waals surface area contributed by atoms with E-state index in [1.54, 1.807) is 13.1 Å². The molecule has 0 saturated carbocycles.